The number of fused-ring (bicyclic) bond motifs is 1. The second kappa shape index (κ2) is 11.2. The number of piperidine rings is 1. The molecule has 204 valence electrons. The third-order valence-corrected chi connectivity index (χ3v) is 8.79. The lowest BCUT2D eigenvalue weighted by Crippen LogP contribution is -2.68. The van der Waals surface area contributed by atoms with E-state index in [-0.39, 0.29) is 24.3 Å². The Hall–Kier alpha value is -2.61. The minimum absolute atomic E-state index is 0.0230. The van der Waals surface area contributed by atoms with Crippen molar-refractivity contribution in [2.75, 3.05) is 27.2 Å². The molecule has 2 aromatic rings. The molecular formula is C29H34Cl2N2O5. The second-order valence-corrected chi connectivity index (χ2v) is 11.4. The maximum absolute atomic E-state index is 13.4. The van der Waals surface area contributed by atoms with Gasteiger partial charge in [-0.15, -0.1) is 0 Å². The van der Waals surface area contributed by atoms with Crippen molar-refractivity contribution in [1.82, 2.24) is 9.80 Å². The Morgan fingerprint density at radius 3 is 2.50 bits per heavy atom. The molecule has 9 heteroatoms. The van der Waals surface area contributed by atoms with Crippen LogP contribution < -0.4 is 4.74 Å². The molecule has 2 fully saturated rings. The Balaban J connectivity index is 1.69. The molecule has 0 spiro atoms. The van der Waals surface area contributed by atoms with Gasteiger partial charge in [0.2, 0.25) is 5.91 Å². The number of ether oxygens (including phenoxy) is 2. The molecule has 0 radical (unpaired) electrons. The average molecular weight is 562 g/mol. The summed E-state index contributed by atoms with van der Waals surface area (Å²) in [6, 6.07) is 12.7. The maximum atomic E-state index is 13.4. The van der Waals surface area contributed by atoms with Gasteiger partial charge in [0, 0.05) is 38.9 Å². The molecule has 1 aliphatic heterocycles. The first-order chi connectivity index (χ1) is 17.9. The number of esters is 2. The van der Waals surface area contributed by atoms with Crippen LogP contribution in [0.2, 0.25) is 10.0 Å². The number of hydrogen-bond donors (Lipinski definition) is 0. The molecule has 1 amide bonds. The number of carbonyl (C=O) groups excluding carboxylic acids is 3. The quantitative estimate of drug-likeness (QED) is 0.363. The fourth-order valence-corrected chi connectivity index (χ4v) is 6.59. The van der Waals surface area contributed by atoms with E-state index in [0.717, 1.165) is 24.1 Å². The average Bonchev–Trinajstić information content (AvgIpc) is 2.84. The van der Waals surface area contributed by atoms with E-state index in [1.807, 2.05) is 43.3 Å². The van der Waals surface area contributed by atoms with Gasteiger partial charge >= 0.3 is 11.9 Å². The molecule has 4 rings (SSSR count). The van der Waals surface area contributed by atoms with Gasteiger partial charge in [-0.2, -0.15) is 0 Å². The van der Waals surface area contributed by atoms with Crippen LogP contribution in [0, 0.1) is 0 Å². The van der Waals surface area contributed by atoms with Gasteiger partial charge in [-0.25, -0.2) is 0 Å². The molecule has 0 N–H and O–H groups in total. The second-order valence-electron chi connectivity index (χ2n) is 10.6. The summed E-state index contributed by atoms with van der Waals surface area (Å²) in [5.74, 6) is -0.303. The summed E-state index contributed by atoms with van der Waals surface area (Å²) in [4.78, 5) is 41.5. The Kier molecular flexibility index (Phi) is 8.40. The first-order valence-corrected chi connectivity index (χ1v) is 13.6. The molecule has 1 heterocycles. The van der Waals surface area contributed by atoms with Crippen molar-refractivity contribution in [1.29, 1.82) is 0 Å². The molecule has 0 aromatic heterocycles. The number of carbonyl (C=O) groups is 3. The van der Waals surface area contributed by atoms with Gasteiger partial charge in [-0.05, 0) is 74.7 Å². The van der Waals surface area contributed by atoms with E-state index in [1.54, 1.807) is 18.2 Å². The fourth-order valence-electron chi connectivity index (χ4n) is 6.27. The van der Waals surface area contributed by atoms with Crippen molar-refractivity contribution in [3.8, 4) is 5.75 Å². The van der Waals surface area contributed by atoms with Gasteiger partial charge in [-0.3, -0.25) is 14.4 Å². The van der Waals surface area contributed by atoms with E-state index in [0.29, 0.717) is 41.6 Å². The van der Waals surface area contributed by atoms with E-state index >= 15 is 0 Å². The van der Waals surface area contributed by atoms with Crippen molar-refractivity contribution in [2.45, 2.75) is 63.0 Å². The summed E-state index contributed by atoms with van der Waals surface area (Å²) >= 11 is 12.2. The van der Waals surface area contributed by atoms with Gasteiger partial charge in [0.15, 0.2) is 0 Å². The SMILES string of the molecule is CC(=O)Oc1cccc(C23CCN(C)CC2(OC(C)=O)CCC(N(C)C(=O)Cc2ccc(Cl)c(Cl)c2)C3)c1. The molecule has 2 aliphatic rings. The molecule has 3 atom stereocenters. The zero-order valence-corrected chi connectivity index (χ0v) is 23.8. The molecule has 38 heavy (non-hydrogen) atoms. The van der Waals surface area contributed by atoms with Crippen LogP contribution in [0.1, 0.15) is 50.7 Å². The summed E-state index contributed by atoms with van der Waals surface area (Å²) in [5, 5.41) is 0.867. The zero-order chi connectivity index (χ0) is 27.7. The minimum Gasteiger partial charge on any atom is -0.457 e. The highest BCUT2D eigenvalue weighted by molar-refractivity contribution is 6.42. The van der Waals surface area contributed by atoms with E-state index < -0.39 is 17.0 Å². The fraction of sp³-hybridized carbons (Fsp3) is 0.483. The van der Waals surface area contributed by atoms with Crippen molar-refractivity contribution in [2.24, 2.45) is 0 Å². The molecule has 7 nitrogen and oxygen atoms in total. The maximum Gasteiger partial charge on any atom is 0.308 e. The van der Waals surface area contributed by atoms with Gasteiger partial charge in [0.25, 0.3) is 0 Å². The Morgan fingerprint density at radius 2 is 1.82 bits per heavy atom. The summed E-state index contributed by atoms with van der Waals surface area (Å²) in [5.41, 5.74) is 0.401. The number of likely N-dealkylation sites (N-methyl/N-ethyl adjacent to an activating group) is 2. The number of benzene rings is 2. The van der Waals surface area contributed by atoms with Crippen LogP contribution in [0.3, 0.4) is 0 Å². The van der Waals surface area contributed by atoms with Crippen LogP contribution in [0.25, 0.3) is 0 Å². The third kappa shape index (κ3) is 5.70. The molecule has 1 saturated heterocycles. The highest BCUT2D eigenvalue weighted by Gasteiger charge is 2.61. The third-order valence-electron chi connectivity index (χ3n) is 8.05. The minimum atomic E-state index is -0.773. The van der Waals surface area contributed by atoms with Gasteiger partial charge < -0.3 is 19.3 Å². The number of nitrogens with zero attached hydrogens (tertiary/aromatic N) is 2. The predicted octanol–water partition coefficient (Wildman–Crippen LogP) is 5.05. The number of amides is 1. The number of rotatable bonds is 6. The van der Waals surface area contributed by atoms with E-state index in [9.17, 15) is 14.4 Å². The van der Waals surface area contributed by atoms with E-state index in [2.05, 4.69) is 4.90 Å². The first kappa shape index (κ1) is 28.4. The lowest BCUT2D eigenvalue weighted by molar-refractivity contribution is -0.188. The number of likely N-dealkylation sites (tertiary alicyclic amines) is 1. The first-order valence-electron chi connectivity index (χ1n) is 12.8. The van der Waals surface area contributed by atoms with Crippen molar-refractivity contribution in [3.63, 3.8) is 0 Å². The van der Waals surface area contributed by atoms with Crippen molar-refractivity contribution < 1.29 is 23.9 Å². The lowest BCUT2D eigenvalue weighted by atomic mass is 9.55. The smallest absolute Gasteiger partial charge is 0.308 e. The standard InChI is InChI=1S/C29H34Cl2N2O5/c1-19(34)37-24-7-5-6-22(16-24)28-12-13-32(3)18-29(28,38-20(2)35)11-10-23(17-28)33(4)27(36)15-21-8-9-25(30)26(31)14-21/h5-9,14,16,23H,10-13,15,17-18H2,1-4H3. The summed E-state index contributed by atoms with van der Waals surface area (Å²) < 4.78 is 11.6. The topological polar surface area (TPSA) is 76.2 Å². The van der Waals surface area contributed by atoms with Crippen LogP contribution >= 0.6 is 23.2 Å². The number of halogens is 2. The Bertz CT molecular complexity index is 1240. The van der Waals surface area contributed by atoms with E-state index in [1.165, 1.54) is 13.8 Å². The monoisotopic (exact) mass is 560 g/mol. The molecule has 1 saturated carbocycles. The van der Waals surface area contributed by atoms with Crippen LogP contribution in [0.15, 0.2) is 42.5 Å². The predicted molar refractivity (Wildman–Crippen MR) is 147 cm³/mol. The molecular weight excluding hydrogens is 527 g/mol. The largest absolute Gasteiger partial charge is 0.457 e. The highest BCUT2D eigenvalue weighted by Crippen LogP contribution is 2.54. The van der Waals surface area contributed by atoms with Gasteiger partial charge in [-0.1, -0.05) is 41.4 Å². The normalized spacial score (nSPS) is 25.3. The van der Waals surface area contributed by atoms with Crippen LogP contribution in [-0.4, -0.2) is 66.5 Å². The van der Waals surface area contributed by atoms with Crippen molar-refractivity contribution >= 4 is 41.0 Å². The van der Waals surface area contributed by atoms with E-state index in [4.69, 9.17) is 32.7 Å². The highest BCUT2D eigenvalue weighted by atomic mass is 35.5. The summed E-state index contributed by atoms with van der Waals surface area (Å²) in [6.07, 6.45) is 2.84. The van der Waals surface area contributed by atoms with Crippen LogP contribution in [-0.2, 0) is 31.0 Å². The summed E-state index contributed by atoms with van der Waals surface area (Å²) in [6.45, 7) is 4.20. The van der Waals surface area contributed by atoms with Gasteiger partial charge in [0.05, 0.1) is 16.5 Å². The molecule has 2 aromatic carbocycles. The van der Waals surface area contributed by atoms with Gasteiger partial charge in [0.1, 0.15) is 11.4 Å². The lowest BCUT2D eigenvalue weighted by Gasteiger charge is -2.59. The summed E-state index contributed by atoms with van der Waals surface area (Å²) in [7, 11) is 3.87. The molecule has 0 bridgehead atoms. The number of hydrogen-bond acceptors (Lipinski definition) is 6. The molecule has 1 aliphatic carbocycles. The van der Waals surface area contributed by atoms with Crippen molar-refractivity contribution in [3.05, 3.63) is 63.6 Å². The van der Waals surface area contributed by atoms with Crippen LogP contribution in [0.4, 0.5) is 0 Å². The zero-order valence-electron chi connectivity index (χ0n) is 22.3. The van der Waals surface area contributed by atoms with Crippen LogP contribution in [0.5, 0.6) is 5.75 Å². The Labute approximate surface area is 234 Å². The molecule has 3 unspecified atom stereocenters. The Morgan fingerprint density at radius 1 is 1.05 bits per heavy atom.